The van der Waals surface area contributed by atoms with Crippen molar-refractivity contribution in [3.8, 4) is 11.8 Å². The molecule has 0 spiro atoms. The van der Waals surface area contributed by atoms with Crippen LogP contribution in [-0.4, -0.2) is 93.3 Å². The summed E-state index contributed by atoms with van der Waals surface area (Å²) in [6.07, 6.45) is 11.0. The lowest BCUT2D eigenvalue weighted by atomic mass is 10.1. The normalized spacial score (nSPS) is 22.1. The van der Waals surface area contributed by atoms with Crippen LogP contribution in [0.5, 0.6) is 5.75 Å². The molecule has 11 nitrogen and oxygen atoms in total. The molecular weight excluding hydrogens is 725 g/mol. The van der Waals surface area contributed by atoms with Crippen LogP contribution in [0.1, 0.15) is 37.8 Å². The van der Waals surface area contributed by atoms with Gasteiger partial charge in [-0.2, -0.15) is 10.4 Å². The monoisotopic (exact) mass is 769 g/mol. The summed E-state index contributed by atoms with van der Waals surface area (Å²) in [7, 11) is 0. The van der Waals surface area contributed by atoms with Crippen LogP contribution >= 0.6 is 23.2 Å². The van der Waals surface area contributed by atoms with Gasteiger partial charge in [0.25, 0.3) is 0 Å². The molecule has 0 radical (unpaired) electrons. The predicted octanol–water partition coefficient (Wildman–Crippen LogP) is 7.64. The second-order valence-electron chi connectivity index (χ2n) is 13.8. The number of nitriles is 1. The second-order valence-corrected chi connectivity index (χ2v) is 14.7. The van der Waals surface area contributed by atoms with Gasteiger partial charge >= 0.3 is 6.03 Å². The first-order chi connectivity index (χ1) is 26.3. The van der Waals surface area contributed by atoms with Crippen molar-refractivity contribution >= 4 is 52.5 Å². The highest BCUT2D eigenvalue weighted by molar-refractivity contribution is 6.35. The molecule has 13 heteroatoms. The van der Waals surface area contributed by atoms with Gasteiger partial charge in [0.1, 0.15) is 24.5 Å². The van der Waals surface area contributed by atoms with E-state index in [0.29, 0.717) is 46.6 Å². The number of anilines is 3. The van der Waals surface area contributed by atoms with E-state index in [4.69, 9.17) is 37.4 Å². The van der Waals surface area contributed by atoms with Crippen molar-refractivity contribution < 1.29 is 19.0 Å². The highest BCUT2D eigenvalue weighted by Crippen LogP contribution is 2.40. The van der Waals surface area contributed by atoms with Gasteiger partial charge in [-0.25, -0.2) is 4.79 Å². The number of urea groups is 1. The largest absolute Gasteiger partial charge is 0.491 e. The van der Waals surface area contributed by atoms with Crippen molar-refractivity contribution in [1.82, 2.24) is 9.91 Å². The Kier molecular flexibility index (Phi) is 11.6. The van der Waals surface area contributed by atoms with Gasteiger partial charge in [0.15, 0.2) is 0 Å². The number of hydrazone groups is 1. The van der Waals surface area contributed by atoms with Crippen molar-refractivity contribution in [2.75, 3.05) is 73.7 Å². The molecule has 0 saturated carbocycles. The van der Waals surface area contributed by atoms with Gasteiger partial charge in [-0.05, 0) is 86.5 Å². The Morgan fingerprint density at radius 2 is 1.78 bits per heavy atom. The van der Waals surface area contributed by atoms with Gasteiger partial charge in [-0.1, -0.05) is 42.3 Å². The third-order valence-electron chi connectivity index (χ3n) is 10.4. The van der Waals surface area contributed by atoms with E-state index in [1.165, 1.54) is 0 Å². The summed E-state index contributed by atoms with van der Waals surface area (Å²) in [4.78, 5) is 21.3. The zero-order valence-corrected chi connectivity index (χ0v) is 32.1. The number of piperazine rings is 1. The fraction of sp³-hybridized carbons (Fsp3) is 0.390. The topological polar surface area (TPSA) is 97.1 Å². The number of carbonyl (C=O) groups excluding carboxylic acids is 1. The molecule has 282 valence electrons. The zero-order chi connectivity index (χ0) is 37.7. The Labute approximate surface area is 327 Å². The van der Waals surface area contributed by atoms with E-state index in [1.807, 2.05) is 58.6 Å². The summed E-state index contributed by atoms with van der Waals surface area (Å²) in [5, 5.41) is 17.6. The fourth-order valence-corrected chi connectivity index (χ4v) is 7.76. The van der Waals surface area contributed by atoms with Gasteiger partial charge in [0, 0.05) is 74.0 Å². The molecule has 3 aromatic rings. The molecule has 0 N–H and O–H groups in total. The number of rotatable bonds is 11. The van der Waals surface area contributed by atoms with Gasteiger partial charge < -0.3 is 28.9 Å². The van der Waals surface area contributed by atoms with Crippen LogP contribution in [0.2, 0.25) is 10.0 Å². The van der Waals surface area contributed by atoms with Crippen LogP contribution in [-0.2, 0) is 15.3 Å². The molecule has 2 saturated heterocycles. The van der Waals surface area contributed by atoms with Crippen LogP contribution in [0.3, 0.4) is 0 Å². The third kappa shape index (κ3) is 8.17. The molecule has 4 aliphatic heterocycles. The zero-order valence-electron chi connectivity index (χ0n) is 30.6. The van der Waals surface area contributed by atoms with E-state index in [-0.39, 0.29) is 25.3 Å². The molecule has 3 atom stereocenters. The third-order valence-corrected chi connectivity index (χ3v) is 10.9. The molecule has 2 amide bonds. The summed E-state index contributed by atoms with van der Waals surface area (Å²) in [5.41, 5.74) is 4.06. The first-order valence-corrected chi connectivity index (χ1v) is 19.3. The number of benzene rings is 3. The molecule has 54 heavy (non-hydrogen) atoms. The minimum absolute atomic E-state index is 0.00709. The average Bonchev–Trinajstić information content (AvgIpc) is 3.43. The number of halogens is 2. The summed E-state index contributed by atoms with van der Waals surface area (Å²) < 4.78 is 19.2. The van der Waals surface area contributed by atoms with E-state index in [2.05, 4.69) is 53.0 Å². The average molecular weight is 771 g/mol. The Bertz CT molecular complexity index is 1940. The fourth-order valence-electron chi connectivity index (χ4n) is 7.21. The number of ether oxygens (including phenoxy) is 3. The van der Waals surface area contributed by atoms with Crippen LogP contribution in [0.25, 0.3) is 0 Å². The quantitative estimate of drug-likeness (QED) is 0.196. The lowest BCUT2D eigenvalue weighted by molar-refractivity contribution is -0.191. The van der Waals surface area contributed by atoms with E-state index in [9.17, 15) is 10.1 Å². The highest BCUT2D eigenvalue weighted by Gasteiger charge is 2.46. The van der Waals surface area contributed by atoms with E-state index in [0.717, 1.165) is 56.1 Å². The number of hydrogen-bond donors (Lipinski definition) is 0. The Balaban J connectivity index is 0.956. The molecule has 4 aliphatic rings. The van der Waals surface area contributed by atoms with Crippen molar-refractivity contribution in [1.29, 1.82) is 5.26 Å². The minimum Gasteiger partial charge on any atom is -0.491 e. The van der Waals surface area contributed by atoms with Crippen LogP contribution < -0.4 is 19.4 Å². The first-order valence-electron chi connectivity index (χ1n) is 18.5. The Morgan fingerprint density at radius 1 is 1.00 bits per heavy atom. The maximum absolute atomic E-state index is 13.1. The highest BCUT2D eigenvalue weighted by atomic mass is 35.5. The van der Waals surface area contributed by atoms with E-state index < -0.39 is 11.9 Å². The number of nitrogens with zero attached hydrogens (tertiary/aromatic N) is 7. The van der Waals surface area contributed by atoms with Gasteiger partial charge in [-0.3, -0.25) is 9.91 Å². The van der Waals surface area contributed by atoms with Crippen LogP contribution in [0.4, 0.5) is 21.9 Å². The summed E-state index contributed by atoms with van der Waals surface area (Å²) >= 11 is 12.9. The van der Waals surface area contributed by atoms with Gasteiger partial charge in [-0.15, -0.1) is 0 Å². The molecule has 0 bridgehead atoms. The number of allylic oxidation sites excluding steroid dienone is 1. The maximum Gasteiger partial charge on any atom is 0.329 e. The molecule has 7 rings (SSSR count). The molecule has 3 unspecified atom stereocenters. The summed E-state index contributed by atoms with van der Waals surface area (Å²) in [6, 6.07) is 21.7. The summed E-state index contributed by atoms with van der Waals surface area (Å²) in [6.45, 7) is 9.47. The van der Waals surface area contributed by atoms with Crippen molar-refractivity contribution in [3.05, 3.63) is 106 Å². The Hall–Kier alpha value is -4.73. The van der Waals surface area contributed by atoms with Gasteiger partial charge in [0.2, 0.25) is 5.79 Å². The van der Waals surface area contributed by atoms with Gasteiger partial charge in [0.05, 0.1) is 35.1 Å². The minimum atomic E-state index is -1.16. The van der Waals surface area contributed by atoms with Crippen molar-refractivity contribution in [3.63, 3.8) is 0 Å². The van der Waals surface area contributed by atoms with Crippen LogP contribution in [0.15, 0.2) is 90.2 Å². The first kappa shape index (κ1) is 37.6. The van der Waals surface area contributed by atoms with Crippen molar-refractivity contribution in [2.45, 2.75) is 44.6 Å². The smallest absolute Gasteiger partial charge is 0.329 e. The maximum atomic E-state index is 13.1. The molecule has 4 heterocycles. The summed E-state index contributed by atoms with van der Waals surface area (Å²) in [5.74, 6) is -0.584. The number of hydrogen-bond acceptors (Lipinski definition) is 9. The lowest BCUT2D eigenvalue weighted by Gasteiger charge is -2.38. The van der Waals surface area contributed by atoms with E-state index in [1.54, 1.807) is 29.3 Å². The SMILES string of the molecule is CCC(C)N1CC=CN(c2ccc(N3CCN(c4ccc(OCC5COC(CN6CCC=CC=N6)(c6ccc(Cl)cc6Cl)O5)cc4C#N)CC3)cc2)C1=O. The second kappa shape index (κ2) is 16.7. The molecule has 0 aliphatic carbocycles. The number of carbonyl (C=O) groups is 1. The number of amides is 2. The lowest BCUT2D eigenvalue weighted by Crippen LogP contribution is -2.48. The molecular formula is C41H45Cl2N7O4. The van der Waals surface area contributed by atoms with Crippen molar-refractivity contribution in [2.24, 2.45) is 5.10 Å². The van der Waals surface area contributed by atoms with Crippen LogP contribution in [0, 0.1) is 11.3 Å². The Morgan fingerprint density at radius 3 is 2.54 bits per heavy atom. The molecule has 0 aromatic heterocycles. The van der Waals surface area contributed by atoms with E-state index >= 15 is 0 Å². The predicted molar refractivity (Wildman–Crippen MR) is 214 cm³/mol. The molecule has 2 fully saturated rings. The molecule has 3 aromatic carbocycles. The standard InChI is InChI=1S/C41H45Cl2N7O4/c1-3-30(2)49-18-7-19-50(40(49)51)34-11-9-33(10-12-34)46-20-22-47(23-21-46)39-15-13-35(24-31(39)26-44)52-27-36-28-53-41(54-36,29-48-17-6-4-5-16-45-48)37-14-8-32(42)25-38(37)43/h4-5,7-16,19,24-25,30,36H,3,6,17-18,20-23,27-29H2,1-2H3.